The van der Waals surface area contributed by atoms with E-state index in [0.717, 1.165) is 24.3 Å². The second-order valence-electron chi connectivity index (χ2n) is 9.31. The van der Waals surface area contributed by atoms with Crippen LogP contribution in [0.5, 0.6) is 5.88 Å². The smallest absolute Gasteiger partial charge is 0.429 e. The third-order valence-electron chi connectivity index (χ3n) is 6.05. The fourth-order valence-electron chi connectivity index (χ4n) is 3.84. The van der Waals surface area contributed by atoms with Crippen LogP contribution in [-0.4, -0.2) is 70.8 Å². The van der Waals surface area contributed by atoms with E-state index in [1.807, 2.05) is 4.72 Å². The number of carbonyl (C=O) groups is 2. The van der Waals surface area contributed by atoms with Crippen molar-refractivity contribution in [3.63, 3.8) is 0 Å². The molecule has 1 unspecified atom stereocenters. The van der Waals surface area contributed by atoms with Crippen molar-refractivity contribution >= 4 is 51.3 Å². The van der Waals surface area contributed by atoms with Crippen LogP contribution in [0.1, 0.15) is 23.7 Å². The Kier molecular flexibility index (Phi) is 11.4. The Morgan fingerprint density at radius 1 is 1.09 bits per heavy atom. The molecule has 0 aliphatic carbocycles. The molecule has 0 amide bonds. The summed E-state index contributed by atoms with van der Waals surface area (Å²) in [4.78, 5) is 29.7. The Labute approximate surface area is 259 Å². The summed E-state index contributed by atoms with van der Waals surface area (Å²) in [6.45, 7) is 0. The van der Waals surface area contributed by atoms with Gasteiger partial charge in [0.2, 0.25) is 28.0 Å². The van der Waals surface area contributed by atoms with Crippen LogP contribution in [-0.2, 0) is 26.0 Å². The first-order chi connectivity index (χ1) is 20.5. The van der Waals surface area contributed by atoms with E-state index in [2.05, 4.69) is 9.97 Å². The molecule has 0 saturated heterocycles. The topological polar surface area (TPSA) is 208 Å². The predicted octanol–water partition coefficient (Wildman–Crippen LogP) is 3.50. The number of nitrogen functional groups attached to an aromatic ring is 1. The van der Waals surface area contributed by atoms with Crippen LogP contribution in [0, 0.1) is 0 Å². The monoisotopic (exact) mass is 677 g/mol. The molecule has 1 aromatic heterocycles. The maximum absolute atomic E-state index is 14.2. The third-order valence-corrected chi connectivity index (χ3v) is 8.49. The molecule has 18 heteroatoms. The fourth-order valence-corrected chi connectivity index (χ4v) is 5.91. The summed E-state index contributed by atoms with van der Waals surface area (Å²) in [5, 5.41) is 17.7. The number of nitrogens with zero attached hydrogens (tertiary/aromatic N) is 2. The SMILES string of the molecule is CSCC[C@H](NS(=O)(=O)c1ccc(C(Oc2cc(-c3ccc(C[C@H](N)C(=O)O)cc3)nc(N)n2)C(F)(F)F)c(Cl)c1)C(=O)O. The molecule has 0 fully saturated rings. The van der Waals surface area contributed by atoms with Crippen LogP contribution in [0.4, 0.5) is 19.1 Å². The molecule has 3 aromatic rings. The number of anilines is 1. The van der Waals surface area contributed by atoms with Crippen molar-refractivity contribution in [2.24, 2.45) is 5.73 Å². The van der Waals surface area contributed by atoms with Gasteiger partial charge in [-0.2, -0.15) is 34.6 Å². The number of thioether (sulfide) groups is 1. The zero-order valence-corrected chi connectivity index (χ0v) is 25.2. The highest BCUT2D eigenvalue weighted by Gasteiger charge is 2.45. The van der Waals surface area contributed by atoms with Gasteiger partial charge in [-0.15, -0.1) is 0 Å². The van der Waals surface area contributed by atoms with Crippen LogP contribution >= 0.6 is 23.4 Å². The second-order valence-corrected chi connectivity index (χ2v) is 12.4. The molecule has 0 aliphatic heterocycles. The second kappa shape index (κ2) is 14.4. The molecule has 1 heterocycles. The number of nitrogens with one attached hydrogen (secondary N) is 1. The third kappa shape index (κ3) is 9.18. The number of hydrogen-bond donors (Lipinski definition) is 5. The van der Waals surface area contributed by atoms with E-state index < -0.39 is 73.6 Å². The normalized spacial score (nSPS) is 14.0. The van der Waals surface area contributed by atoms with Gasteiger partial charge in [0.25, 0.3) is 0 Å². The molecule has 0 saturated carbocycles. The van der Waals surface area contributed by atoms with E-state index in [-0.39, 0.29) is 18.5 Å². The van der Waals surface area contributed by atoms with Crippen LogP contribution in [0.15, 0.2) is 53.4 Å². The van der Waals surface area contributed by atoms with Gasteiger partial charge in [0, 0.05) is 22.2 Å². The van der Waals surface area contributed by atoms with Crippen molar-refractivity contribution in [2.75, 3.05) is 17.7 Å². The number of rotatable bonds is 14. The molecule has 12 nitrogen and oxygen atoms in total. The van der Waals surface area contributed by atoms with Gasteiger partial charge >= 0.3 is 18.1 Å². The van der Waals surface area contributed by atoms with Crippen molar-refractivity contribution < 1.29 is 46.1 Å². The molecule has 0 spiro atoms. The van der Waals surface area contributed by atoms with Gasteiger partial charge in [0.15, 0.2) is 0 Å². The standard InChI is InChI=1S/C26H27ClF3N5O7S2/c1-43-9-8-19(24(38)39)35-44(40,41)15-6-7-16(17(27)11-15)22(26(28,29)30)42-21-12-20(33-25(32)34-21)14-4-2-13(3-5-14)10-18(31)23(36)37/h2-7,11-12,18-19,22,35H,8-10,31H2,1H3,(H,36,37)(H,38,39)(H2,32,33,34)/t18-,19-,22?/m0/s1. The number of carboxylic acid groups (broad SMARTS) is 2. The van der Waals surface area contributed by atoms with Crippen LogP contribution in [0.3, 0.4) is 0 Å². The first kappa shape index (κ1) is 34.8. The first-order valence-electron chi connectivity index (χ1n) is 12.5. The van der Waals surface area contributed by atoms with E-state index in [1.54, 1.807) is 18.4 Å². The lowest BCUT2D eigenvalue weighted by atomic mass is 10.0. The Hall–Kier alpha value is -3.64. The maximum Gasteiger partial charge on any atom is 0.429 e. The van der Waals surface area contributed by atoms with Crippen LogP contribution < -0.4 is 20.9 Å². The van der Waals surface area contributed by atoms with E-state index in [0.29, 0.717) is 16.9 Å². The number of benzene rings is 2. The highest BCUT2D eigenvalue weighted by atomic mass is 35.5. The minimum Gasteiger partial charge on any atom is -0.480 e. The largest absolute Gasteiger partial charge is 0.480 e. The Morgan fingerprint density at radius 2 is 1.75 bits per heavy atom. The van der Waals surface area contributed by atoms with Crippen molar-refractivity contribution in [2.45, 2.75) is 42.1 Å². The van der Waals surface area contributed by atoms with Gasteiger partial charge in [-0.25, -0.2) is 13.4 Å². The van der Waals surface area contributed by atoms with E-state index in [4.69, 9.17) is 32.9 Å². The molecule has 0 aliphatic rings. The summed E-state index contributed by atoms with van der Waals surface area (Å²) < 4.78 is 75.4. The number of aromatic nitrogens is 2. The quantitative estimate of drug-likeness (QED) is 0.166. The lowest BCUT2D eigenvalue weighted by Gasteiger charge is -2.23. The van der Waals surface area contributed by atoms with Gasteiger partial charge in [-0.1, -0.05) is 41.9 Å². The van der Waals surface area contributed by atoms with Crippen molar-refractivity contribution in [3.05, 3.63) is 64.7 Å². The van der Waals surface area contributed by atoms with Gasteiger partial charge in [0.05, 0.1) is 10.6 Å². The summed E-state index contributed by atoms with van der Waals surface area (Å²) in [5.74, 6) is -3.24. The molecular formula is C26H27ClF3N5O7S2. The highest BCUT2D eigenvalue weighted by Crippen LogP contribution is 2.40. The van der Waals surface area contributed by atoms with Crippen LogP contribution in [0.2, 0.25) is 5.02 Å². The van der Waals surface area contributed by atoms with Crippen LogP contribution in [0.25, 0.3) is 11.3 Å². The Balaban J connectivity index is 1.90. The molecule has 238 valence electrons. The van der Waals surface area contributed by atoms with E-state index in [1.165, 1.54) is 23.9 Å². The van der Waals surface area contributed by atoms with Gasteiger partial charge in [-0.05, 0) is 42.5 Å². The number of hydrogen-bond acceptors (Lipinski definition) is 10. The molecule has 0 bridgehead atoms. The van der Waals surface area contributed by atoms with Gasteiger partial charge in [-0.3, -0.25) is 9.59 Å². The zero-order valence-electron chi connectivity index (χ0n) is 22.8. The lowest BCUT2D eigenvalue weighted by Crippen LogP contribution is -2.41. The summed E-state index contributed by atoms with van der Waals surface area (Å²) in [6.07, 6.45) is -6.05. The molecule has 3 atom stereocenters. The number of sulfonamides is 1. The molecule has 2 aromatic carbocycles. The summed E-state index contributed by atoms with van der Waals surface area (Å²) in [6, 6.07) is 7.13. The first-order valence-corrected chi connectivity index (χ1v) is 15.8. The molecule has 7 N–H and O–H groups in total. The number of aliphatic carboxylic acids is 2. The average Bonchev–Trinajstić information content (AvgIpc) is 2.93. The zero-order chi connectivity index (χ0) is 32.8. The Bertz CT molecular complexity index is 1610. The number of halogens is 4. The van der Waals surface area contributed by atoms with E-state index in [9.17, 15) is 36.3 Å². The predicted molar refractivity (Wildman–Crippen MR) is 157 cm³/mol. The molecule has 3 rings (SSSR count). The summed E-state index contributed by atoms with van der Waals surface area (Å²) >= 11 is 7.42. The fraction of sp³-hybridized carbons (Fsp3) is 0.308. The average molecular weight is 678 g/mol. The Morgan fingerprint density at radius 3 is 2.30 bits per heavy atom. The maximum atomic E-state index is 14.2. The van der Waals surface area contributed by atoms with Crippen molar-refractivity contribution in [1.29, 1.82) is 0 Å². The lowest BCUT2D eigenvalue weighted by molar-refractivity contribution is -0.198. The van der Waals surface area contributed by atoms with E-state index >= 15 is 0 Å². The minimum absolute atomic E-state index is 0.0291. The molecular weight excluding hydrogens is 651 g/mol. The minimum atomic E-state index is -5.06. The number of ether oxygens (including phenoxy) is 1. The highest BCUT2D eigenvalue weighted by molar-refractivity contribution is 7.98. The van der Waals surface area contributed by atoms with Crippen molar-refractivity contribution in [3.8, 4) is 17.1 Å². The molecule has 0 radical (unpaired) electrons. The van der Waals surface area contributed by atoms with Gasteiger partial charge < -0.3 is 26.4 Å². The van der Waals surface area contributed by atoms with Gasteiger partial charge in [0.1, 0.15) is 12.1 Å². The van der Waals surface area contributed by atoms with Crippen molar-refractivity contribution in [1.82, 2.24) is 14.7 Å². The number of alkyl halides is 3. The summed E-state index contributed by atoms with van der Waals surface area (Å²) in [5.41, 5.74) is 11.7. The number of carboxylic acids is 2. The summed E-state index contributed by atoms with van der Waals surface area (Å²) in [7, 11) is -4.47. The number of nitrogens with two attached hydrogens (primary N) is 2. The molecule has 44 heavy (non-hydrogen) atoms.